The van der Waals surface area contributed by atoms with Gasteiger partial charge in [-0.3, -0.25) is 0 Å². The second kappa shape index (κ2) is 11.7. The first kappa shape index (κ1) is 28.4. The van der Waals surface area contributed by atoms with E-state index in [-0.39, 0.29) is 0 Å². The van der Waals surface area contributed by atoms with Gasteiger partial charge in [-0.2, -0.15) is 0 Å². The summed E-state index contributed by atoms with van der Waals surface area (Å²) in [7, 11) is -3.75. The smallest absolute Gasteiger partial charge is 0.124 e. The van der Waals surface area contributed by atoms with Crippen LogP contribution in [0, 0.1) is 47.6 Å². The summed E-state index contributed by atoms with van der Waals surface area (Å²) in [6, 6.07) is 0. The fourth-order valence-corrected chi connectivity index (χ4v) is 16.0. The van der Waals surface area contributed by atoms with Gasteiger partial charge in [0.05, 0.1) is 11.1 Å². The quantitative estimate of drug-likeness (QED) is 0.292. The van der Waals surface area contributed by atoms with Crippen LogP contribution in [0.2, 0.25) is 33.2 Å². The van der Waals surface area contributed by atoms with E-state index in [2.05, 4.69) is 118 Å². The molecule has 164 valence electrons. The predicted octanol–water partition coefficient (Wildman–Crippen LogP) is 7.99. The molecule has 0 radical (unpaired) electrons. The van der Waals surface area contributed by atoms with Crippen LogP contribution in [0.3, 0.4) is 0 Å². The molecule has 0 amide bonds. The zero-order valence-electron chi connectivity index (χ0n) is 21.6. The zero-order valence-corrected chi connectivity index (χ0v) is 23.6. The molecule has 0 aliphatic carbocycles. The van der Waals surface area contributed by atoms with Gasteiger partial charge in [-0.05, 0) is 33.2 Å². The molecule has 0 nitrogen and oxygen atoms in total. The molecule has 0 aromatic rings. The molecule has 0 aromatic carbocycles. The molecule has 0 heterocycles. The Morgan fingerprint density at radius 1 is 0.467 bits per heavy atom. The lowest BCUT2D eigenvalue weighted by molar-refractivity contribution is 0.838. The Labute approximate surface area is 191 Å². The number of terminal acetylenes is 2. The number of allylic oxidation sites excluding steroid dienone is 2. The van der Waals surface area contributed by atoms with E-state index in [0.29, 0.717) is 44.4 Å². The molecule has 0 atom stereocenters. The molecule has 0 bridgehead atoms. The van der Waals surface area contributed by atoms with Gasteiger partial charge in [-0.1, -0.05) is 107 Å². The van der Waals surface area contributed by atoms with Crippen molar-refractivity contribution in [2.24, 2.45) is 0 Å². The molecule has 0 fully saturated rings. The van der Waals surface area contributed by atoms with Crippen LogP contribution < -0.4 is 0 Å². The molecule has 0 N–H and O–H groups in total. The first-order chi connectivity index (χ1) is 13.7. The van der Waals surface area contributed by atoms with Gasteiger partial charge in [0.25, 0.3) is 0 Å². The topological polar surface area (TPSA) is 0 Å². The van der Waals surface area contributed by atoms with Crippen LogP contribution in [0.1, 0.15) is 83.1 Å². The maximum Gasteiger partial charge on any atom is 0.146 e. The van der Waals surface area contributed by atoms with Gasteiger partial charge >= 0.3 is 0 Å². The van der Waals surface area contributed by atoms with E-state index in [9.17, 15) is 0 Å². The highest BCUT2D eigenvalue weighted by atomic mass is 28.3. The summed E-state index contributed by atoms with van der Waals surface area (Å²) in [5, 5.41) is 0. The highest BCUT2D eigenvalue weighted by Crippen LogP contribution is 2.41. The lowest BCUT2D eigenvalue weighted by atomic mass is 10.1. The largest absolute Gasteiger partial charge is 0.146 e. The first-order valence-electron chi connectivity index (χ1n) is 11.5. The fraction of sp³-hybridized carbons (Fsp3) is 0.643. The summed E-state index contributed by atoms with van der Waals surface area (Å²) in [6.45, 7) is 27.6. The van der Waals surface area contributed by atoms with E-state index in [4.69, 9.17) is 12.8 Å². The molecule has 0 aliphatic rings. The molecule has 0 saturated heterocycles. The standard InChI is InChI=1S/C28H44Si2/c1-15-27(17-19-29(21(3)4,22(5)6)23(7)8)28(16-2)18-20-30(24(9)10,25(11)12)26(13)14/h1-2,21-26H,3-14H3/b28-27-. The summed E-state index contributed by atoms with van der Waals surface area (Å²) in [4.78, 5) is 0. The molecular formula is C28H44Si2. The Kier molecular flexibility index (Phi) is 11.1. The van der Waals surface area contributed by atoms with Gasteiger partial charge in [0.1, 0.15) is 16.1 Å². The van der Waals surface area contributed by atoms with Crippen molar-refractivity contribution in [2.75, 3.05) is 0 Å². The minimum absolute atomic E-state index is 0.548. The third-order valence-corrected chi connectivity index (χ3v) is 19.7. The second-order valence-electron chi connectivity index (χ2n) is 10.3. The molecule has 0 spiro atoms. The van der Waals surface area contributed by atoms with Gasteiger partial charge in [-0.15, -0.1) is 23.9 Å². The van der Waals surface area contributed by atoms with Crippen molar-refractivity contribution in [3.63, 3.8) is 0 Å². The maximum atomic E-state index is 5.88. The van der Waals surface area contributed by atoms with Gasteiger partial charge in [0.15, 0.2) is 0 Å². The van der Waals surface area contributed by atoms with Crippen molar-refractivity contribution in [3.05, 3.63) is 11.1 Å². The summed E-state index contributed by atoms with van der Waals surface area (Å²) >= 11 is 0. The van der Waals surface area contributed by atoms with Crippen LogP contribution in [-0.2, 0) is 0 Å². The Morgan fingerprint density at radius 3 is 0.800 bits per heavy atom. The SMILES string of the molecule is C#C/C(C#C[Si](C(C)C)(C(C)C)C(C)C)=C(\C#C)C#C[Si](C(C)C)(C(C)C)C(C)C. The molecule has 0 aromatic heterocycles. The Bertz CT molecular complexity index is 699. The van der Waals surface area contributed by atoms with Crippen LogP contribution in [0.5, 0.6) is 0 Å². The fourth-order valence-electron chi connectivity index (χ4n) is 5.55. The molecule has 0 unspecified atom stereocenters. The number of rotatable bonds is 6. The number of hydrogen-bond donors (Lipinski definition) is 0. The summed E-state index contributed by atoms with van der Waals surface area (Å²) in [5.74, 6) is 12.2. The van der Waals surface area contributed by atoms with Crippen molar-refractivity contribution < 1.29 is 0 Å². The molecule has 2 heteroatoms. The van der Waals surface area contributed by atoms with E-state index in [1.54, 1.807) is 0 Å². The van der Waals surface area contributed by atoms with E-state index in [0.717, 1.165) is 0 Å². The Morgan fingerprint density at radius 2 is 0.667 bits per heavy atom. The summed E-state index contributed by atoms with van der Waals surface area (Å²) < 4.78 is 0. The second-order valence-corrected chi connectivity index (χ2v) is 21.5. The molecular weight excluding hydrogens is 392 g/mol. The first-order valence-corrected chi connectivity index (χ1v) is 16.0. The van der Waals surface area contributed by atoms with Crippen LogP contribution >= 0.6 is 0 Å². The highest BCUT2D eigenvalue weighted by molar-refractivity contribution is 6.91. The van der Waals surface area contributed by atoms with E-state index in [1.165, 1.54) is 0 Å². The average molecular weight is 437 g/mol. The average Bonchev–Trinajstić information content (AvgIpc) is 2.61. The van der Waals surface area contributed by atoms with E-state index in [1.807, 2.05) is 0 Å². The van der Waals surface area contributed by atoms with Gasteiger partial charge in [0, 0.05) is 0 Å². The van der Waals surface area contributed by atoms with Crippen molar-refractivity contribution in [3.8, 4) is 47.6 Å². The summed E-state index contributed by atoms with van der Waals surface area (Å²) in [5.41, 5.74) is 11.9. The van der Waals surface area contributed by atoms with Crippen LogP contribution in [0.4, 0.5) is 0 Å². The van der Waals surface area contributed by atoms with Crippen LogP contribution in [-0.4, -0.2) is 16.1 Å². The molecule has 0 rings (SSSR count). The maximum absolute atomic E-state index is 5.88. The van der Waals surface area contributed by atoms with Gasteiger partial charge < -0.3 is 0 Å². The molecule has 0 saturated carbocycles. The van der Waals surface area contributed by atoms with Crippen molar-refractivity contribution in [2.45, 2.75) is 116 Å². The third-order valence-electron chi connectivity index (χ3n) is 7.08. The summed E-state index contributed by atoms with van der Waals surface area (Å²) in [6.07, 6.45) is 11.8. The minimum Gasteiger partial charge on any atom is -0.124 e. The Hall–Kier alpha value is -1.59. The van der Waals surface area contributed by atoms with Gasteiger partial charge in [-0.25, -0.2) is 0 Å². The monoisotopic (exact) mass is 436 g/mol. The van der Waals surface area contributed by atoms with Crippen molar-refractivity contribution >= 4 is 16.1 Å². The lowest BCUT2D eigenvalue weighted by Gasteiger charge is -2.38. The van der Waals surface area contributed by atoms with Crippen LogP contribution in [0.15, 0.2) is 11.1 Å². The van der Waals surface area contributed by atoms with Gasteiger partial charge in [0.2, 0.25) is 0 Å². The normalized spacial score (nSPS) is 13.1. The highest BCUT2D eigenvalue weighted by Gasteiger charge is 2.42. The molecule has 30 heavy (non-hydrogen) atoms. The van der Waals surface area contributed by atoms with Crippen molar-refractivity contribution in [1.29, 1.82) is 0 Å². The van der Waals surface area contributed by atoms with E-state index >= 15 is 0 Å². The van der Waals surface area contributed by atoms with Crippen LogP contribution in [0.25, 0.3) is 0 Å². The Balaban J connectivity index is 6.78. The third kappa shape index (κ3) is 5.76. The number of hydrogen-bond acceptors (Lipinski definition) is 0. The lowest BCUT2D eigenvalue weighted by Crippen LogP contribution is -2.43. The van der Waals surface area contributed by atoms with E-state index < -0.39 is 16.1 Å². The zero-order chi connectivity index (χ0) is 23.9. The minimum atomic E-state index is -1.88. The predicted molar refractivity (Wildman–Crippen MR) is 142 cm³/mol. The van der Waals surface area contributed by atoms with Crippen molar-refractivity contribution in [1.82, 2.24) is 0 Å². The molecule has 0 aliphatic heterocycles.